The minimum Gasteiger partial charge on any atom is -0.469 e. The summed E-state index contributed by atoms with van der Waals surface area (Å²) in [5, 5.41) is 0. The molecule has 1 aliphatic carbocycles. The van der Waals surface area contributed by atoms with E-state index in [0.717, 1.165) is 0 Å². The fourth-order valence-corrected chi connectivity index (χ4v) is 2.59. The first-order valence-electron chi connectivity index (χ1n) is 6.08. The molecule has 0 saturated carbocycles. The summed E-state index contributed by atoms with van der Waals surface area (Å²) in [6.07, 6.45) is 2.33. The van der Waals surface area contributed by atoms with Crippen molar-refractivity contribution in [2.45, 2.75) is 19.4 Å². The third kappa shape index (κ3) is 2.18. The molecule has 0 unspecified atom stereocenters. The van der Waals surface area contributed by atoms with Gasteiger partial charge in [0.15, 0.2) is 0 Å². The molecule has 0 aliphatic heterocycles. The van der Waals surface area contributed by atoms with Gasteiger partial charge in [0.2, 0.25) is 0 Å². The van der Waals surface area contributed by atoms with Crippen molar-refractivity contribution in [2.75, 3.05) is 14.2 Å². The number of fused-ring (bicyclic) bond motifs is 1. The Labute approximate surface area is 107 Å². The summed E-state index contributed by atoms with van der Waals surface area (Å²) in [5.41, 5.74) is 3.55. The SMILES string of the molecule is COC(=O)CC=C1c2ccccc2[C@@H](OC)[C@@H]1C. The first-order valence-corrected chi connectivity index (χ1v) is 6.08. The highest BCUT2D eigenvalue weighted by molar-refractivity contribution is 5.79. The number of carbonyl (C=O) groups is 1. The van der Waals surface area contributed by atoms with E-state index in [1.807, 2.05) is 18.2 Å². The number of ether oxygens (including phenoxy) is 2. The second kappa shape index (κ2) is 5.36. The van der Waals surface area contributed by atoms with Crippen molar-refractivity contribution in [3.63, 3.8) is 0 Å². The molecule has 2 atom stereocenters. The Hall–Kier alpha value is -1.61. The van der Waals surface area contributed by atoms with Gasteiger partial charge in [-0.15, -0.1) is 0 Å². The Morgan fingerprint density at radius 3 is 2.72 bits per heavy atom. The smallest absolute Gasteiger partial charge is 0.309 e. The van der Waals surface area contributed by atoms with E-state index >= 15 is 0 Å². The van der Waals surface area contributed by atoms with Crippen molar-refractivity contribution in [2.24, 2.45) is 5.92 Å². The summed E-state index contributed by atoms with van der Waals surface area (Å²) in [4.78, 5) is 11.2. The number of hydrogen-bond acceptors (Lipinski definition) is 3. The number of benzene rings is 1. The van der Waals surface area contributed by atoms with Crippen LogP contribution in [0, 0.1) is 5.92 Å². The summed E-state index contributed by atoms with van der Waals surface area (Å²) >= 11 is 0. The molecule has 18 heavy (non-hydrogen) atoms. The Morgan fingerprint density at radius 1 is 1.33 bits per heavy atom. The van der Waals surface area contributed by atoms with Gasteiger partial charge >= 0.3 is 5.97 Å². The van der Waals surface area contributed by atoms with Gasteiger partial charge in [-0.1, -0.05) is 37.3 Å². The molecule has 0 radical (unpaired) electrons. The van der Waals surface area contributed by atoms with Crippen LogP contribution in [-0.2, 0) is 14.3 Å². The van der Waals surface area contributed by atoms with Crippen LogP contribution in [0.25, 0.3) is 5.57 Å². The topological polar surface area (TPSA) is 35.5 Å². The van der Waals surface area contributed by atoms with E-state index in [9.17, 15) is 4.79 Å². The maximum atomic E-state index is 11.2. The first-order chi connectivity index (χ1) is 8.69. The lowest BCUT2D eigenvalue weighted by molar-refractivity contribution is -0.139. The highest BCUT2D eigenvalue weighted by Crippen LogP contribution is 2.45. The Kier molecular flexibility index (Phi) is 3.82. The zero-order chi connectivity index (χ0) is 13.1. The first kappa shape index (κ1) is 12.8. The van der Waals surface area contributed by atoms with Crippen LogP contribution in [0.4, 0.5) is 0 Å². The largest absolute Gasteiger partial charge is 0.469 e. The number of hydrogen-bond donors (Lipinski definition) is 0. The highest BCUT2D eigenvalue weighted by atomic mass is 16.5. The van der Waals surface area contributed by atoms with Gasteiger partial charge in [0.1, 0.15) is 0 Å². The molecule has 0 fully saturated rings. The molecule has 3 heteroatoms. The maximum absolute atomic E-state index is 11.2. The minimum absolute atomic E-state index is 0.0742. The van der Waals surface area contributed by atoms with Crippen molar-refractivity contribution in [3.8, 4) is 0 Å². The number of esters is 1. The number of carbonyl (C=O) groups excluding carboxylic acids is 1. The van der Waals surface area contributed by atoms with E-state index < -0.39 is 0 Å². The number of methoxy groups -OCH3 is 2. The summed E-state index contributed by atoms with van der Waals surface area (Å²) in [6.45, 7) is 2.12. The van der Waals surface area contributed by atoms with Gasteiger partial charge in [-0.05, 0) is 16.7 Å². The van der Waals surface area contributed by atoms with Gasteiger partial charge in [-0.2, -0.15) is 0 Å². The quantitative estimate of drug-likeness (QED) is 0.769. The van der Waals surface area contributed by atoms with Crippen molar-refractivity contribution in [3.05, 3.63) is 41.5 Å². The predicted molar refractivity (Wildman–Crippen MR) is 70.0 cm³/mol. The van der Waals surface area contributed by atoms with Crippen molar-refractivity contribution in [1.82, 2.24) is 0 Å². The van der Waals surface area contributed by atoms with Gasteiger partial charge in [0.05, 0.1) is 19.6 Å². The minimum atomic E-state index is -0.215. The molecule has 0 saturated heterocycles. The van der Waals surface area contributed by atoms with Crippen molar-refractivity contribution in [1.29, 1.82) is 0 Å². The van der Waals surface area contributed by atoms with E-state index in [1.54, 1.807) is 7.11 Å². The van der Waals surface area contributed by atoms with Crippen LogP contribution in [-0.4, -0.2) is 20.2 Å². The van der Waals surface area contributed by atoms with E-state index in [2.05, 4.69) is 23.8 Å². The van der Waals surface area contributed by atoms with Gasteiger partial charge in [0.25, 0.3) is 0 Å². The molecule has 96 valence electrons. The molecular weight excluding hydrogens is 228 g/mol. The van der Waals surface area contributed by atoms with Crippen LogP contribution in [0.3, 0.4) is 0 Å². The Balaban J connectivity index is 2.34. The van der Waals surface area contributed by atoms with Crippen LogP contribution >= 0.6 is 0 Å². The second-order valence-electron chi connectivity index (χ2n) is 4.47. The lowest BCUT2D eigenvalue weighted by Crippen LogP contribution is -2.05. The summed E-state index contributed by atoms with van der Waals surface area (Å²) < 4.78 is 10.2. The van der Waals surface area contributed by atoms with Crippen LogP contribution in [0.1, 0.15) is 30.6 Å². The third-order valence-electron chi connectivity index (χ3n) is 3.49. The fourth-order valence-electron chi connectivity index (χ4n) is 2.59. The van der Waals surface area contributed by atoms with Gasteiger partial charge in [-0.25, -0.2) is 0 Å². The van der Waals surface area contributed by atoms with E-state index in [0.29, 0.717) is 6.42 Å². The monoisotopic (exact) mass is 246 g/mol. The van der Waals surface area contributed by atoms with Crippen molar-refractivity contribution < 1.29 is 14.3 Å². The van der Waals surface area contributed by atoms with Crippen LogP contribution in [0.15, 0.2) is 30.3 Å². The molecule has 1 aromatic carbocycles. The lowest BCUT2D eigenvalue weighted by atomic mass is 9.99. The lowest BCUT2D eigenvalue weighted by Gasteiger charge is -2.15. The molecule has 0 N–H and O–H groups in total. The average Bonchev–Trinajstić information content (AvgIpc) is 2.67. The molecule has 3 nitrogen and oxygen atoms in total. The normalized spacial score (nSPS) is 24.1. The number of rotatable bonds is 3. The molecule has 1 aliphatic rings. The van der Waals surface area contributed by atoms with Gasteiger partial charge in [0, 0.05) is 13.0 Å². The summed E-state index contributed by atoms with van der Waals surface area (Å²) in [6, 6.07) is 8.18. The van der Waals surface area contributed by atoms with E-state index in [1.165, 1.54) is 23.8 Å². The molecule has 0 bridgehead atoms. The highest BCUT2D eigenvalue weighted by Gasteiger charge is 2.33. The van der Waals surface area contributed by atoms with Crippen LogP contribution in [0.2, 0.25) is 0 Å². The fraction of sp³-hybridized carbons (Fsp3) is 0.400. The Morgan fingerprint density at radius 2 is 2.06 bits per heavy atom. The maximum Gasteiger partial charge on any atom is 0.309 e. The molecule has 0 spiro atoms. The van der Waals surface area contributed by atoms with Gasteiger partial charge in [-0.3, -0.25) is 4.79 Å². The summed E-state index contributed by atoms with van der Waals surface area (Å²) in [5.74, 6) is 0.0464. The molecule has 2 rings (SSSR count). The molecule has 0 aromatic heterocycles. The van der Waals surface area contributed by atoms with Crippen LogP contribution < -0.4 is 0 Å². The average molecular weight is 246 g/mol. The molecule has 0 amide bonds. The molecule has 1 aromatic rings. The Bertz CT molecular complexity index is 476. The third-order valence-corrected chi connectivity index (χ3v) is 3.49. The molecular formula is C15H18O3. The second-order valence-corrected chi connectivity index (χ2v) is 4.47. The molecule has 0 heterocycles. The predicted octanol–water partition coefficient (Wildman–Crippen LogP) is 2.97. The van der Waals surface area contributed by atoms with Gasteiger partial charge < -0.3 is 9.47 Å². The van der Waals surface area contributed by atoms with E-state index in [-0.39, 0.29) is 18.0 Å². The zero-order valence-electron chi connectivity index (χ0n) is 11.0. The standard InChI is InChI=1S/C15H18O3/c1-10-11(8-9-14(16)17-2)12-6-4-5-7-13(12)15(10)18-3/h4-8,10,15H,9H2,1-3H3/t10-,15+/m1/s1. The summed E-state index contributed by atoms with van der Waals surface area (Å²) in [7, 11) is 3.13. The zero-order valence-corrected chi connectivity index (χ0v) is 11.0. The van der Waals surface area contributed by atoms with E-state index in [4.69, 9.17) is 4.74 Å². The van der Waals surface area contributed by atoms with Crippen LogP contribution in [0.5, 0.6) is 0 Å². The van der Waals surface area contributed by atoms with Crippen molar-refractivity contribution >= 4 is 11.5 Å².